The average molecular weight is 358 g/mol. The molecule has 1 amide bonds. The van der Waals surface area contributed by atoms with Crippen LogP contribution in [0.3, 0.4) is 0 Å². The number of carbonyl (C=O) groups excluding carboxylic acids is 1. The minimum Gasteiger partial charge on any atom is -0.497 e. The monoisotopic (exact) mass is 358 g/mol. The molecule has 0 saturated heterocycles. The summed E-state index contributed by atoms with van der Waals surface area (Å²) < 4.78 is 10.5. The van der Waals surface area contributed by atoms with Crippen LogP contribution in [0.25, 0.3) is 0 Å². The van der Waals surface area contributed by atoms with Crippen molar-refractivity contribution in [3.05, 3.63) is 53.6 Å². The molecule has 2 aromatic rings. The lowest BCUT2D eigenvalue weighted by molar-refractivity contribution is 0.0914. The molecular weight excluding hydrogens is 332 g/mol. The first kappa shape index (κ1) is 19.6. The molecule has 140 valence electrons. The Balaban J connectivity index is 2.02. The zero-order valence-electron chi connectivity index (χ0n) is 15.7. The molecule has 2 N–H and O–H groups in total. The third-order valence-corrected chi connectivity index (χ3v) is 4.30. The minimum atomic E-state index is -0.908. The van der Waals surface area contributed by atoms with Crippen LogP contribution in [0.5, 0.6) is 11.5 Å². The van der Waals surface area contributed by atoms with Crippen LogP contribution in [-0.2, 0) is 0 Å². The van der Waals surface area contributed by atoms with Gasteiger partial charge in [-0.15, -0.1) is 0 Å². The summed E-state index contributed by atoms with van der Waals surface area (Å²) in [4.78, 5) is 14.4. The van der Waals surface area contributed by atoms with Gasteiger partial charge in [-0.3, -0.25) is 4.79 Å². The van der Waals surface area contributed by atoms with Gasteiger partial charge in [0.25, 0.3) is 5.91 Å². The van der Waals surface area contributed by atoms with Crippen LogP contribution in [0.15, 0.2) is 42.5 Å². The Morgan fingerprint density at radius 1 is 1.15 bits per heavy atom. The maximum atomic E-state index is 12.3. The van der Waals surface area contributed by atoms with E-state index in [1.54, 1.807) is 37.4 Å². The van der Waals surface area contributed by atoms with E-state index in [2.05, 4.69) is 17.1 Å². The molecule has 2 rings (SSSR count). The molecule has 2 aromatic carbocycles. The van der Waals surface area contributed by atoms with Crippen molar-refractivity contribution < 1.29 is 19.4 Å². The van der Waals surface area contributed by atoms with Gasteiger partial charge in [-0.25, -0.2) is 0 Å². The van der Waals surface area contributed by atoms with Crippen LogP contribution in [0.2, 0.25) is 0 Å². The van der Waals surface area contributed by atoms with E-state index >= 15 is 0 Å². The van der Waals surface area contributed by atoms with E-state index in [0.717, 1.165) is 12.2 Å². The first-order chi connectivity index (χ1) is 12.5. The molecule has 0 heterocycles. The highest BCUT2D eigenvalue weighted by Gasteiger charge is 2.16. The fourth-order valence-corrected chi connectivity index (χ4v) is 2.55. The van der Waals surface area contributed by atoms with E-state index in [4.69, 9.17) is 9.47 Å². The number of ether oxygens (including phenoxy) is 2. The molecule has 0 spiro atoms. The van der Waals surface area contributed by atoms with Gasteiger partial charge in [-0.2, -0.15) is 0 Å². The van der Waals surface area contributed by atoms with E-state index in [1.807, 2.05) is 19.2 Å². The van der Waals surface area contributed by atoms with Gasteiger partial charge in [-0.1, -0.05) is 0 Å². The quantitative estimate of drug-likeness (QED) is 0.759. The van der Waals surface area contributed by atoms with E-state index < -0.39 is 6.10 Å². The fourth-order valence-electron chi connectivity index (χ4n) is 2.55. The number of aliphatic hydroxyl groups excluding tert-OH is 1. The van der Waals surface area contributed by atoms with Crippen molar-refractivity contribution in [3.8, 4) is 11.5 Å². The molecule has 26 heavy (non-hydrogen) atoms. The molecule has 0 aliphatic carbocycles. The molecule has 0 bridgehead atoms. The predicted octanol–water partition coefficient (Wildman–Crippen LogP) is 2.62. The summed E-state index contributed by atoms with van der Waals surface area (Å²) in [5.74, 6) is 0.915. The normalized spacial score (nSPS) is 11.6. The van der Waals surface area contributed by atoms with Crippen molar-refractivity contribution >= 4 is 11.6 Å². The number of methoxy groups -OCH3 is 2. The summed E-state index contributed by atoms with van der Waals surface area (Å²) >= 11 is 0. The van der Waals surface area contributed by atoms with Crippen molar-refractivity contribution in [2.24, 2.45) is 0 Å². The third kappa shape index (κ3) is 4.67. The second-order valence-corrected chi connectivity index (χ2v) is 5.89. The summed E-state index contributed by atoms with van der Waals surface area (Å²) in [5, 5.41) is 13.2. The molecule has 1 unspecified atom stereocenters. The summed E-state index contributed by atoms with van der Waals surface area (Å²) in [5.41, 5.74) is 2.15. The second kappa shape index (κ2) is 9.10. The fraction of sp³-hybridized carbons (Fsp3) is 0.350. The molecule has 0 saturated carbocycles. The standard InChI is InChI=1S/C20H26N2O4/c1-5-22(2)15-8-6-14(7-9-15)20(24)21-13-18(23)17-12-16(25-3)10-11-19(17)26-4/h6-12,18,23H,5,13H2,1-4H3,(H,21,24). The van der Waals surface area contributed by atoms with Gasteiger partial charge in [0.15, 0.2) is 0 Å². The number of aliphatic hydroxyl groups is 1. The topological polar surface area (TPSA) is 71.0 Å². The summed E-state index contributed by atoms with van der Waals surface area (Å²) in [6.07, 6.45) is -0.908. The lowest BCUT2D eigenvalue weighted by Gasteiger charge is -2.18. The number of nitrogens with one attached hydrogen (secondary N) is 1. The highest BCUT2D eigenvalue weighted by Crippen LogP contribution is 2.29. The Hall–Kier alpha value is -2.73. The van der Waals surface area contributed by atoms with Gasteiger partial charge in [0.1, 0.15) is 17.6 Å². The Bertz CT molecular complexity index is 731. The molecule has 0 fully saturated rings. The Morgan fingerprint density at radius 3 is 2.42 bits per heavy atom. The highest BCUT2D eigenvalue weighted by atomic mass is 16.5. The molecule has 1 atom stereocenters. The SMILES string of the molecule is CCN(C)c1ccc(C(=O)NCC(O)c2cc(OC)ccc2OC)cc1. The maximum Gasteiger partial charge on any atom is 0.251 e. The van der Waals surface area contributed by atoms with Gasteiger partial charge in [0.2, 0.25) is 0 Å². The maximum absolute atomic E-state index is 12.3. The number of rotatable bonds is 8. The Labute approximate surface area is 154 Å². The lowest BCUT2D eigenvalue weighted by atomic mass is 10.1. The average Bonchev–Trinajstić information content (AvgIpc) is 2.70. The minimum absolute atomic E-state index is 0.0684. The van der Waals surface area contributed by atoms with Crippen LogP contribution in [-0.4, -0.2) is 45.4 Å². The van der Waals surface area contributed by atoms with E-state index in [1.165, 1.54) is 7.11 Å². The number of benzene rings is 2. The smallest absolute Gasteiger partial charge is 0.251 e. The number of amides is 1. The zero-order chi connectivity index (χ0) is 19.1. The molecule has 6 heteroatoms. The highest BCUT2D eigenvalue weighted by molar-refractivity contribution is 5.94. The number of nitrogens with zero attached hydrogens (tertiary/aromatic N) is 1. The molecule has 0 aliphatic rings. The number of anilines is 1. The predicted molar refractivity (Wildman–Crippen MR) is 102 cm³/mol. The molecule has 0 aromatic heterocycles. The van der Waals surface area contributed by atoms with Crippen LogP contribution in [0, 0.1) is 0 Å². The lowest BCUT2D eigenvalue weighted by Crippen LogP contribution is -2.28. The Morgan fingerprint density at radius 2 is 1.85 bits per heavy atom. The van der Waals surface area contributed by atoms with Gasteiger partial charge in [-0.05, 0) is 49.4 Å². The molecule has 0 radical (unpaired) electrons. The summed E-state index contributed by atoms with van der Waals surface area (Å²) in [6, 6.07) is 12.5. The first-order valence-electron chi connectivity index (χ1n) is 8.49. The third-order valence-electron chi connectivity index (χ3n) is 4.30. The number of hydrogen-bond donors (Lipinski definition) is 2. The van der Waals surface area contributed by atoms with Crippen molar-refractivity contribution in [2.75, 3.05) is 39.3 Å². The summed E-state index contributed by atoms with van der Waals surface area (Å²) in [7, 11) is 5.08. The summed E-state index contributed by atoms with van der Waals surface area (Å²) in [6.45, 7) is 3.02. The number of hydrogen-bond acceptors (Lipinski definition) is 5. The van der Waals surface area contributed by atoms with E-state index in [-0.39, 0.29) is 12.5 Å². The van der Waals surface area contributed by atoms with Gasteiger partial charge in [0.05, 0.1) is 14.2 Å². The van der Waals surface area contributed by atoms with E-state index in [0.29, 0.717) is 22.6 Å². The van der Waals surface area contributed by atoms with Crippen molar-refractivity contribution in [1.29, 1.82) is 0 Å². The Kier molecular flexibility index (Phi) is 6.86. The second-order valence-electron chi connectivity index (χ2n) is 5.89. The van der Waals surface area contributed by atoms with Gasteiger partial charge in [0, 0.05) is 37.0 Å². The van der Waals surface area contributed by atoms with Crippen molar-refractivity contribution in [1.82, 2.24) is 5.32 Å². The van der Waals surface area contributed by atoms with Crippen LogP contribution >= 0.6 is 0 Å². The first-order valence-corrected chi connectivity index (χ1v) is 8.49. The number of carbonyl (C=O) groups is 1. The van der Waals surface area contributed by atoms with Crippen molar-refractivity contribution in [2.45, 2.75) is 13.0 Å². The van der Waals surface area contributed by atoms with Crippen LogP contribution in [0.1, 0.15) is 28.9 Å². The van der Waals surface area contributed by atoms with Gasteiger partial charge < -0.3 is 24.8 Å². The molecular formula is C20H26N2O4. The van der Waals surface area contributed by atoms with E-state index in [9.17, 15) is 9.90 Å². The van der Waals surface area contributed by atoms with Crippen LogP contribution < -0.4 is 19.7 Å². The van der Waals surface area contributed by atoms with Crippen molar-refractivity contribution in [3.63, 3.8) is 0 Å². The largest absolute Gasteiger partial charge is 0.497 e. The van der Waals surface area contributed by atoms with Crippen LogP contribution in [0.4, 0.5) is 5.69 Å². The molecule has 6 nitrogen and oxygen atoms in total. The zero-order valence-corrected chi connectivity index (χ0v) is 15.7. The van der Waals surface area contributed by atoms with Gasteiger partial charge >= 0.3 is 0 Å². The molecule has 0 aliphatic heterocycles.